The third-order valence-electron chi connectivity index (χ3n) is 8.88. The minimum atomic E-state index is -1.12. The van der Waals surface area contributed by atoms with E-state index in [-0.39, 0.29) is 11.5 Å². The first-order valence-corrected chi connectivity index (χ1v) is 14.5. The summed E-state index contributed by atoms with van der Waals surface area (Å²) in [6.45, 7) is 4.39. The molecule has 1 saturated carbocycles. The molecule has 10 heteroatoms. The number of aromatic nitrogens is 1. The van der Waals surface area contributed by atoms with Crippen LogP contribution >= 0.6 is 15.9 Å². The molecule has 1 saturated heterocycles. The number of rotatable bonds is 6. The fourth-order valence-electron chi connectivity index (χ4n) is 6.64. The van der Waals surface area contributed by atoms with Gasteiger partial charge >= 0.3 is 5.97 Å². The number of aliphatic carboxylic acids is 1. The Morgan fingerprint density at radius 2 is 1.88 bits per heavy atom. The van der Waals surface area contributed by atoms with Crippen LogP contribution in [0.1, 0.15) is 47.2 Å². The van der Waals surface area contributed by atoms with Crippen LogP contribution in [0.4, 0.5) is 10.2 Å². The van der Waals surface area contributed by atoms with Crippen LogP contribution in [0.5, 0.6) is 5.75 Å². The zero-order valence-electron chi connectivity index (χ0n) is 22.9. The molecule has 0 unspecified atom stereocenters. The zero-order valence-corrected chi connectivity index (χ0v) is 24.5. The molecule has 4 aliphatic rings. The number of fused-ring (bicyclic) bond motifs is 3. The van der Waals surface area contributed by atoms with E-state index in [1.54, 1.807) is 18.2 Å². The van der Waals surface area contributed by atoms with Gasteiger partial charge in [0.1, 0.15) is 17.4 Å². The van der Waals surface area contributed by atoms with E-state index < -0.39 is 22.7 Å². The van der Waals surface area contributed by atoms with Gasteiger partial charge in [-0.05, 0) is 68.5 Å². The molecule has 2 aromatic carbocycles. The molecule has 2 heterocycles. The Hall–Kier alpha value is -3.50. The van der Waals surface area contributed by atoms with Crippen molar-refractivity contribution in [1.82, 2.24) is 10.3 Å². The molecule has 41 heavy (non-hydrogen) atoms. The van der Waals surface area contributed by atoms with Crippen LogP contribution in [0.25, 0.3) is 16.5 Å². The summed E-state index contributed by atoms with van der Waals surface area (Å²) in [7, 11) is 1.45. The number of amides is 1. The van der Waals surface area contributed by atoms with E-state index in [0.29, 0.717) is 79.8 Å². The highest BCUT2D eigenvalue weighted by Crippen LogP contribution is 2.56. The smallest absolute Gasteiger partial charge is 0.313 e. The summed E-state index contributed by atoms with van der Waals surface area (Å²) in [5, 5.41) is 14.2. The van der Waals surface area contributed by atoms with Crippen molar-refractivity contribution in [3.05, 3.63) is 69.5 Å². The highest BCUT2D eigenvalue weighted by atomic mass is 79.9. The summed E-state index contributed by atoms with van der Waals surface area (Å²) >= 11 is 3.54. The van der Waals surface area contributed by atoms with Crippen molar-refractivity contribution >= 4 is 50.1 Å². The topological polar surface area (TPSA) is 101 Å². The second kappa shape index (κ2) is 10.4. The SMILES string of the molecule is COc1cccc(F)c1C1=CC2(C(=O)O)CCC1(NC(=O)c1c(C)c(N3CCOCC3)nc3ccc(Br)cc13)CC2. The quantitative estimate of drug-likeness (QED) is 0.374. The predicted molar refractivity (Wildman–Crippen MR) is 157 cm³/mol. The Bertz CT molecular complexity index is 1590. The number of carboxylic acids is 1. The number of carboxylic acid groups (broad SMARTS) is 1. The molecule has 0 atom stereocenters. The molecule has 3 aromatic rings. The van der Waals surface area contributed by atoms with E-state index in [0.717, 1.165) is 15.9 Å². The highest BCUT2D eigenvalue weighted by molar-refractivity contribution is 9.10. The lowest BCUT2D eigenvalue weighted by atomic mass is 9.57. The van der Waals surface area contributed by atoms with Crippen LogP contribution in [0.15, 0.2) is 46.9 Å². The molecular formula is C31H31BrFN3O5. The van der Waals surface area contributed by atoms with Crippen LogP contribution < -0.4 is 15.0 Å². The van der Waals surface area contributed by atoms with Crippen LogP contribution in [0.3, 0.4) is 0 Å². The number of hydrogen-bond donors (Lipinski definition) is 2. The third-order valence-corrected chi connectivity index (χ3v) is 9.37. The van der Waals surface area contributed by atoms with Crippen molar-refractivity contribution in [3.63, 3.8) is 0 Å². The van der Waals surface area contributed by atoms with Gasteiger partial charge in [-0.2, -0.15) is 0 Å². The standard InChI is InChI=1S/C31H31BrFN3O5/c1-18-25(20-16-19(32)6-7-23(20)34-27(18)36-12-14-41-15-13-36)28(37)35-31-10-8-30(9-11-31,29(38)39)17-21(31)26-22(33)4-3-5-24(26)40-2/h3-7,16-17H,8-15H2,1-2H3,(H,35,37)(H,38,39). The van der Waals surface area contributed by atoms with Gasteiger partial charge in [0.2, 0.25) is 0 Å². The van der Waals surface area contributed by atoms with E-state index in [2.05, 4.69) is 26.1 Å². The van der Waals surface area contributed by atoms with Gasteiger partial charge < -0.3 is 24.8 Å². The molecule has 214 valence electrons. The molecule has 1 aromatic heterocycles. The van der Waals surface area contributed by atoms with Gasteiger partial charge in [-0.3, -0.25) is 9.59 Å². The maximum absolute atomic E-state index is 15.5. The molecule has 2 N–H and O–H groups in total. The van der Waals surface area contributed by atoms with Crippen LogP contribution in [0, 0.1) is 18.2 Å². The van der Waals surface area contributed by atoms with Crippen molar-refractivity contribution < 1.29 is 28.6 Å². The molecule has 0 radical (unpaired) electrons. The molecule has 3 aliphatic carbocycles. The van der Waals surface area contributed by atoms with E-state index in [1.165, 1.54) is 13.2 Å². The minimum Gasteiger partial charge on any atom is -0.496 e. The largest absolute Gasteiger partial charge is 0.496 e. The summed E-state index contributed by atoms with van der Waals surface area (Å²) in [6.07, 6.45) is 3.04. The highest BCUT2D eigenvalue weighted by Gasteiger charge is 2.55. The third kappa shape index (κ3) is 4.57. The fourth-order valence-corrected chi connectivity index (χ4v) is 7.00. The molecule has 7 rings (SSSR count). The summed E-state index contributed by atoms with van der Waals surface area (Å²) in [4.78, 5) is 33.9. The molecular weight excluding hydrogens is 593 g/mol. The molecule has 1 aliphatic heterocycles. The van der Waals surface area contributed by atoms with Gasteiger partial charge in [-0.15, -0.1) is 0 Å². The molecule has 0 spiro atoms. The van der Waals surface area contributed by atoms with Crippen molar-refractivity contribution in [1.29, 1.82) is 0 Å². The lowest BCUT2D eigenvalue weighted by Gasteiger charge is -2.51. The number of pyridine rings is 1. The first kappa shape index (κ1) is 27.7. The average molecular weight is 625 g/mol. The Labute approximate surface area is 245 Å². The Morgan fingerprint density at radius 1 is 1.15 bits per heavy atom. The fraction of sp³-hybridized carbons (Fsp3) is 0.387. The Balaban J connectivity index is 1.50. The van der Waals surface area contributed by atoms with Crippen molar-refractivity contribution in [2.24, 2.45) is 5.41 Å². The number of carbonyl (C=O) groups is 2. The number of anilines is 1. The summed E-state index contributed by atoms with van der Waals surface area (Å²) in [5.41, 5.74) is 0.463. The number of hydrogen-bond acceptors (Lipinski definition) is 6. The normalized spacial score (nSPS) is 23.8. The van der Waals surface area contributed by atoms with Crippen LogP contribution in [-0.2, 0) is 9.53 Å². The van der Waals surface area contributed by atoms with E-state index in [1.807, 2.05) is 25.1 Å². The van der Waals surface area contributed by atoms with Crippen LogP contribution in [-0.4, -0.2) is 60.9 Å². The predicted octanol–water partition coefficient (Wildman–Crippen LogP) is 5.50. The number of nitrogens with zero attached hydrogens (tertiary/aromatic N) is 2. The van der Waals surface area contributed by atoms with Gasteiger partial charge in [0.15, 0.2) is 0 Å². The van der Waals surface area contributed by atoms with Crippen molar-refractivity contribution in [2.45, 2.75) is 38.1 Å². The minimum absolute atomic E-state index is 0.188. The second-order valence-corrected chi connectivity index (χ2v) is 12.0. The van der Waals surface area contributed by atoms with Gasteiger partial charge in [-0.1, -0.05) is 28.1 Å². The van der Waals surface area contributed by atoms with Gasteiger partial charge in [-0.25, -0.2) is 9.37 Å². The Kier molecular flexibility index (Phi) is 7.02. The maximum Gasteiger partial charge on any atom is 0.313 e. The molecule has 2 fully saturated rings. The van der Waals surface area contributed by atoms with Crippen molar-refractivity contribution in [3.8, 4) is 5.75 Å². The zero-order chi connectivity index (χ0) is 28.9. The summed E-state index contributed by atoms with van der Waals surface area (Å²) in [5.74, 6) is -0.757. The number of ether oxygens (including phenoxy) is 2. The summed E-state index contributed by atoms with van der Waals surface area (Å²) < 4.78 is 27.3. The molecule has 2 bridgehead atoms. The second-order valence-electron chi connectivity index (χ2n) is 11.1. The van der Waals surface area contributed by atoms with Gasteiger partial charge in [0.05, 0.1) is 47.9 Å². The molecule has 1 amide bonds. The number of nitrogens with one attached hydrogen (secondary N) is 1. The number of benzene rings is 2. The number of morpholine rings is 1. The number of halogens is 2. The van der Waals surface area contributed by atoms with E-state index >= 15 is 4.39 Å². The Morgan fingerprint density at radius 3 is 2.56 bits per heavy atom. The first-order valence-electron chi connectivity index (χ1n) is 13.7. The van der Waals surface area contributed by atoms with Crippen LogP contribution in [0.2, 0.25) is 0 Å². The van der Waals surface area contributed by atoms with Crippen molar-refractivity contribution in [2.75, 3.05) is 38.3 Å². The van der Waals surface area contributed by atoms with E-state index in [9.17, 15) is 14.7 Å². The maximum atomic E-state index is 15.5. The first-order chi connectivity index (χ1) is 19.7. The monoisotopic (exact) mass is 623 g/mol. The number of methoxy groups -OCH3 is 1. The molecule has 8 nitrogen and oxygen atoms in total. The lowest BCUT2D eigenvalue weighted by Crippen LogP contribution is -2.57. The average Bonchev–Trinajstić information content (AvgIpc) is 2.97. The van der Waals surface area contributed by atoms with Gasteiger partial charge in [0, 0.05) is 28.5 Å². The van der Waals surface area contributed by atoms with E-state index in [4.69, 9.17) is 14.5 Å². The number of carbonyl (C=O) groups excluding carboxylic acids is 1. The lowest BCUT2D eigenvalue weighted by molar-refractivity contribution is -0.148. The summed E-state index contributed by atoms with van der Waals surface area (Å²) in [6, 6.07) is 10.2. The van der Waals surface area contributed by atoms with Gasteiger partial charge in [0.25, 0.3) is 5.91 Å².